The van der Waals surface area contributed by atoms with Gasteiger partial charge in [0, 0.05) is 5.41 Å². The molecule has 2 N–H and O–H groups in total. The van der Waals surface area contributed by atoms with Crippen molar-refractivity contribution in [3.8, 4) is 5.75 Å². The van der Waals surface area contributed by atoms with E-state index in [0.717, 1.165) is 12.0 Å². The van der Waals surface area contributed by atoms with E-state index in [1.54, 1.807) is 12.1 Å². The molecule has 0 radical (unpaired) electrons. The highest BCUT2D eigenvalue weighted by Crippen LogP contribution is 2.63. The van der Waals surface area contributed by atoms with E-state index < -0.39 is 0 Å². The fraction of sp³-hybridized carbons (Fsp3) is 0.500. The molecule has 0 amide bonds. The molecule has 1 fully saturated rings. The van der Waals surface area contributed by atoms with Crippen molar-refractivity contribution in [3.05, 3.63) is 29.8 Å². The maximum absolute atomic E-state index is 9.45. The first kappa shape index (κ1) is 9.53. The first-order valence-corrected chi connectivity index (χ1v) is 4.92. The normalized spacial score (nSPS) is 28.8. The smallest absolute Gasteiger partial charge is 0.115 e. The number of hydrogen-bond acceptors (Lipinski definition) is 2. The number of hydrogen-bond donors (Lipinski definition) is 2. The molecule has 0 heterocycles. The minimum absolute atomic E-state index is 0.0826. The summed E-state index contributed by atoms with van der Waals surface area (Å²) in [6, 6.07) is 7.17. The molecule has 1 aliphatic carbocycles. The van der Waals surface area contributed by atoms with Gasteiger partial charge in [0.25, 0.3) is 0 Å². The number of benzene rings is 1. The van der Waals surface area contributed by atoms with Gasteiger partial charge in [0.15, 0.2) is 0 Å². The van der Waals surface area contributed by atoms with Crippen LogP contribution in [-0.4, -0.2) is 16.8 Å². The Balaban J connectivity index is 2.36. The van der Waals surface area contributed by atoms with Crippen LogP contribution < -0.4 is 0 Å². The Morgan fingerprint density at radius 1 is 1.21 bits per heavy atom. The summed E-state index contributed by atoms with van der Waals surface area (Å²) in [5, 5.41) is 18.6. The Morgan fingerprint density at radius 2 is 1.71 bits per heavy atom. The summed E-state index contributed by atoms with van der Waals surface area (Å²) >= 11 is 0. The van der Waals surface area contributed by atoms with Crippen LogP contribution >= 0.6 is 0 Å². The Kier molecular flexibility index (Phi) is 1.86. The zero-order chi connectivity index (χ0) is 10.4. The highest BCUT2D eigenvalue weighted by Gasteiger charge is 2.61. The van der Waals surface area contributed by atoms with E-state index in [1.165, 1.54) is 0 Å². The van der Waals surface area contributed by atoms with E-state index in [0.29, 0.717) is 0 Å². The molecule has 14 heavy (non-hydrogen) atoms. The summed E-state index contributed by atoms with van der Waals surface area (Å²) in [5.74, 6) is 0.278. The molecule has 0 saturated heterocycles. The van der Waals surface area contributed by atoms with Gasteiger partial charge >= 0.3 is 0 Å². The first-order chi connectivity index (χ1) is 6.52. The van der Waals surface area contributed by atoms with Crippen molar-refractivity contribution in [1.29, 1.82) is 0 Å². The molecule has 0 aliphatic heterocycles. The second-order valence-electron chi connectivity index (χ2n) is 4.85. The van der Waals surface area contributed by atoms with Crippen molar-refractivity contribution in [2.24, 2.45) is 5.41 Å². The fourth-order valence-corrected chi connectivity index (χ4v) is 2.34. The van der Waals surface area contributed by atoms with Crippen molar-refractivity contribution < 1.29 is 10.2 Å². The van der Waals surface area contributed by atoms with E-state index in [-0.39, 0.29) is 23.2 Å². The van der Waals surface area contributed by atoms with Gasteiger partial charge in [-0.1, -0.05) is 26.0 Å². The van der Waals surface area contributed by atoms with Crippen LogP contribution in [0.5, 0.6) is 5.75 Å². The van der Waals surface area contributed by atoms with E-state index in [4.69, 9.17) is 0 Å². The van der Waals surface area contributed by atoms with E-state index >= 15 is 0 Å². The molecule has 2 heteroatoms. The van der Waals surface area contributed by atoms with Gasteiger partial charge in [0.1, 0.15) is 5.75 Å². The van der Waals surface area contributed by atoms with E-state index in [2.05, 4.69) is 13.8 Å². The highest BCUT2D eigenvalue weighted by molar-refractivity contribution is 5.39. The lowest BCUT2D eigenvalue weighted by Gasteiger charge is -2.18. The second-order valence-corrected chi connectivity index (χ2v) is 4.85. The van der Waals surface area contributed by atoms with Crippen LogP contribution in [0.4, 0.5) is 0 Å². The lowest BCUT2D eigenvalue weighted by molar-refractivity contribution is 0.231. The molecular formula is C12H16O2. The Labute approximate surface area is 84.2 Å². The summed E-state index contributed by atoms with van der Waals surface area (Å²) in [7, 11) is 0. The van der Waals surface area contributed by atoms with Crippen molar-refractivity contribution >= 4 is 0 Å². The number of aliphatic hydroxyl groups is 1. The minimum atomic E-state index is -0.0826. The van der Waals surface area contributed by atoms with E-state index in [1.807, 2.05) is 12.1 Å². The van der Waals surface area contributed by atoms with Gasteiger partial charge in [-0.15, -0.1) is 0 Å². The lowest BCUT2D eigenvalue weighted by Crippen LogP contribution is -2.18. The number of phenolic OH excluding ortho intramolecular Hbond substituents is 1. The fourth-order valence-electron chi connectivity index (χ4n) is 2.34. The zero-order valence-corrected chi connectivity index (χ0v) is 8.62. The number of phenols is 1. The highest BCUT2D eigenvalue weighted by atomic mass is 16.3. The summed E-state index contributed by atoms with van der Waals surface area (Å²) in [4.78, 5) is 0. The Morgan fingerprint density at radius 3 is 2.07 bits per heavy atom. The third-order valence-electron chi connectivity index (χ3n) is 3.60. The number of aliphatic hydroxyl groups excluding tert-OH is 1. The molecule has 1 atom stereocenters. The Hall–Kier alpha value is -1.02. The number of rotatable bonds is 2. The standard InChI is InChI=1S/C12H16O2/c1-11(2)7-12(11,8-13)9-3-5-10(14)6-4-9/h3-6,13-14H,7-8H2,1-2H3. The molecule has 0 bridgehead atoms. The molecule has 2 rings (SSSR count). The summed E-state index contributed by atoms with van der Waals surface area (Å²) in [5.41, 5.74) is 1.22. The van der Waals surface area contributed by atoms with Gasteiger partial charge in [-0.3, -0.25) is 0 Å². The molecule has 76 valence electrons. The largest absolute Gasteiger partial charge is 0.508 e. The van der Waals surface area contributed by atoms with Gasteiger partial charge < -0.3 is 10.2 Å². The molecule has 1 aliphatic rings. The maximum atomic E-state index is 9.45. The van der Waals surface area contributed by atoms with Crippen molar-refractivity contribution in [3.63, 3.8) is 0 Å². The van der Waals surface area contributed by atoms with Crippen molar-refractivity contribution in [1.82, 2.24) is 0 Å². The average molecular weight is 192 g/mol. The van der Waals surface area contributed by atoms with Crippen molar-refractivity contribution in [2.75, 3.05) is 6.61 Å². The monoisotopic (exact) mass is 192 g/mol. The van der Waals surface area contributed by atoms with Crippen LogP contribution in [0.2, 0.25) is 0 Å². The second kappa shape index (κ2) is 2.74. The third-order valence-corrected chi connectivity index (χ3v) is 3.60. The number of aromatic hydroxyl groups is 1. The molecule has 1 aromatic carbocycles. The minimum Gasteiger partial charge on any atom is -0.508 e. The van der Waals surface area contributed by atoms with Crippen LogP contribution in [0.1, 0.15) is 25.8 Å². The average Bonchev–Trinajstić information content (AvgIpc) is 2.71. The van der Waals surface area contributed by atoms with Crippen molar-refractivity contribution in [2.45, 2.75) is 25.7 Å². The quantitative estimate of drug-likeness (QED) is 0.753. The summed E-state index contributed by atoms with van der Waals surface area (Å²) in [6.07, 6.45) is 1.02. The van der Waals surface area contributed by atoms with Gasteiger partial charge in [0.2, 0.25) is 0 Å². The van der Waals surface area contributed by atoms with Crippen LogP contribution in [0.15, 0.2) is 24.3 Å². The van der Waals surface area contributed by atoms with E-state index in [9.17, 15) is 10.2 Å². The Bertz CT molecular complexity index is 340. The van der Waals surface area contributed by atoms with Gasteiger partial charge in [-0.05, 0) is 29.5 Å². The third kappa shape index (κ3) is 1.14. The first-order valence-electron chi connectivity index (χ1n) is 4.92. The molecular weight excluding hydrogens is 176 g/mol. The predicted molar refractivity (Wildman–Crippen MR) is 55.3 cm³/mol. The lowest BCUT2D eigenvalue weighted by atomic mass is 9.89. The predicted octanol–water partition coefficient (Wildman–Crippen LogP) is 2.05. The maximum Gasteiger partial charge on any atom is 0.115 e. The molecule has 2 nitrogen and oxygen atoms in total. The molecule has 0 aromatic heterocycles. The van der Waals surface area contributed by atoms with Gasteiger partial charge in [-0.25, -0.2) is 0 Å². The van der Waals surface area contributed by atoms with Crippen LogP contribution in [-0.2, 0) is 5.41 Å². The SMILES string of the molecule is CC1(C)CC1(CO)c1ccc(O)cc1. The topological polar surface area (TPSA) is 40.5 Å². The van der Waals surface area contributed by atoms with Gasteiger partial charge in [-0.2, -0.15) is 0 Å². The van der Waals surface area contributed by atoms with Crippen LogP contribution in [0, 0.1) is 5.41 Å². The molecule has 1 aromatic rings. The zero-order valence-electron chi connectivity index (χ0n) is 8.62. The van der Waals surface area contributed by atoms with Crippen LogP contribution in [0.3, 0.4) is 0 Å². The molecule has 0 spiro atoms. The molecule has 1 unspecified atom stereocenters. The molecule has 1 saturated carbocycles. The summed E-state index contributed by atoms with van der Waals surface area (Å²) < 4.78 is 0. The van der Waals surface area contributed by atoms with Crippen LogP contribution in [0.25, 0.3) is 0 Å². The summed E-state index contributed by atoms with van der Waals surface area (Å²) in [6.45, 7) is 4.51. The van der Waals surface area contributed by atoms with Gasteiger partial charge in [0.05, 0.1) is 6.61 Å².